The lowest BCUT2D eigenvalue weighted by Gasteiger charge is -2.16. The van der Waals surface area contributed by atoms with E-state index in [9.17, 15) is 17.6 Å². The van der Waals surface area contributed by atoms with Gasteiger partial charge in [-0.2, -0.15) is 4.72 Å². The van der Waals surface area contributed by atoms with Gasteiger partial charge in [-0.25, -0.2) is 12.8 Å². The van der Waals surface area contributed by atoms with Crippen LogP contribution in [0.4, 0.5) is 4.39 Å². The summed E-state index contributed by atoms with van der Waals surface area (Å²) in [7, 11) is -2.69. The number of methoxy groups -OCH3 is 1. The Balaban J connectivity index is 2.05. The van der Waals surface area contributed by atoms with Crippen molar-refractivity contribution >= 4 is 27.5 Å². The first-order chi connectivity index (χ1) is 12.2. The Morgan fingerprint density at radius 3 is 2.50 bits per heavy atom. The van der Waals surface area contributed by atoms with E-state index in [-0.39, 0.29) is 28.0 Å². The molecule has 6 nitrogen and oxygen atoms in total. The molecule has 2 N–H and O–H groups in total. The van der Waals surface area contributed by atoms with Gasteiger partial charge in [0.2, 0.25) is 15.9 Å². The van der Waals surface area contributed by atoms with E-state index in [1.54, 1.807) is 0 Å². The zero-order chi connectivity index (χ0) is 19.3. The summed E-state index contributed by atoms with van der Waals surface area (Å²) in [6.45, 7) is 1.56. The quantitative estimate of drug-likeness (QED) is 0.747. The molecule has 0 saturated carbocycles. The molecule has 0 aromatic heterocycles. The van der Waals surface area contributed by atoms with Crippen LogP contribution in [0.3, 0.4) is 0 Å². The normalized spacial score (nSPS) is 12.5. The van der Waals surface area contributed by atoms with Gasteiger partial charge in [-0.3, -0.25) is 4.79 Å². The second kappa shape index (κ2) is 8.48. The zero-order valence-corrected chi connectivity index (χ0v) is 15.7. The minimum atomic E-state index is -4.03. The summed E-state index contributed by atoms with van der Waals surface area (Å²) in [5.41, 5.74) is 0.686. The maximum absolute atomic E-state index is 12.9. The monoisotopic (exact) mass is 400 g/mol. The number of nitrogens with one attached hydrogen (secondary N) is 2. The standard InChI is InChI=1S/C17H18ClFN2O4S/c1-11(17(22)20-10-12-3-6-14(19)7-4-12)21-26(23,24)16-9-13(18)5-8-15(16)25-2/h3-9,11,21H,10H2,1-2H3,(H,20,22)/t11-/m0/s1. The van der Waals surface area contributed by atoms with Crippen LogP contribution >= 0.6 is 11.6 Å². The number of halogens is 2. The zero-order valence-electron chi connectivity index (χ0n) is 14.1. The highest BCUT2D eigenvalue weighted by Gasteiger charge is 2.25. The van der Waals surface area contributed by atoms with Crippen molar-refractivity contribution in [3.63, 3.8) is 0 Å². The molecule has 0 bridgehead atoms. The second-order valence-electron chi connectivity index (χ2n) is 5.48. The highest BCUT2D eigenvalue weighted by Crippen LogP contribution is 2.27. The fourth-order valence-electron chi connectivity index (χ4n) is 2.15. The summed E-state index contributed by atoms with van der Waals surface area (Å²) >= 11 is 5.85. The van der Waals surface area contributed by atoms with Gasteiger partial charge in [-0.1, -0.05) is 23.7 Å². The van der Waals surface area contributed by atoms with E-state index in [0.717, 1.165) is 0 Å². The highest BCUT2D eigenvalue weighted by atomic mass is 35.5. The maximum atomic E-state index is 12.9. The van der Waals surface area contributed by atoms with Gasteiger partial charge in [0.1, 0.15) is 16.5 Å². The lowest BCUT2D eigenvalue weighted by molar-refractivity contribution is -0.122. The number of ether oxygens (including phenoxy) is 1. The lowest BCUT2D eigenvalue weighted by Crippen LogP contribution is -2.44. The van der Waals surface area contributed by atoms with Gasteiger partial charge >= 0.3 is 0 Å². The molecule has 0 fully saturated rings. The maximum Gasteiger partial charge on any atom is 0.245 e. The molecule has 0 saturated heterocycles. The number of sulfonamides is 1. The van der Waals surface area contributed by atoms with Crippen LogP contribution in [0.25, 0.3) is 0 Å². The number of carbonyl (C=O) groups excluding carboxylic acids is 1. The SMILES string of the molecule is COc1ccc(Cl)cc1S(=O)(=O)N[C@@H](C)C(=O)NCc1ccc(F)cc1. The molecule has 1 amide bonds. The average molecular weight is 401 g/mol. The molecule has 2 aromatic carbocycles. The third-order valence-corrected chi connectivity index (χ3v) is 5.32. The van der Waals surface area contributed by atoms with Crippen LogP contribution in [0.5, 0.6) is 5.75 Å². The van der Waals surface area contributed by atoms with Crippen molar-refractivity contribution in [2.24, 2.45) is 0 Å². The van der Waals surface area contributed by atoms with Gasteiger partial charge in [-0.15, -0.1) is 0 Å². The van der Waals surface area contributed by atoms with Crippen LogP contribution in [-0.2, 0) is 21.4 Å². The Bertz CT molecular complexity index is 888. The molecular formula is C17H18ClFN2O4S. The van der Waals surface area contributed by atoms with Crippen molar-refractivity contribution in [1.29, 1.82) is 0 Å². The van der Waals surface area contributed by atoms with E-state index in [1.807, 2.05) is 0 Å². The van der Waals surface area contributed by atoms with Crippen LogP contribution < -0.4 is 14.8 Å². The van der Waals surface area contributed by atoms with Crippen LogP contribution in [0.15, 0.2) is 47.4 Å². The van der Waals surface area contributed by atoms with Crippen molar-refractivity contribution in [1.82, 2.24) is 10.0 Å². The van der Waals surface area contributed by atoms with Gasteiger partial charge in [-0.05, 0) is 42.8 Å². The first-order valence-corrected chi connectivity index (χ1v) is 9.47. The summed E-state index contributed by atoms with van der Waals surface area (Å²) in [6, 6.07) is 8.74. The first kappa shape index (κ1) is 20.2. The Labute approximate surface area is 156 Å². The lowest BCUT2D eigenvalue weighted by atomic mass is 10.2. The molecule has 0 heterocycles. The number of hydrogen-bond acceptors (Lipinski definition) is 4. The van der Waals surface area contributed by atoms with E-state index in [0.29, 0.717) is 5.56 Å². The van der Waals surface area contributed by atoms with Crippen LogP contribution in [-0.4, -0.2) is 27.5 Å². The predicted molar refractivity (Wildman–Crippen MR) is 96.0 cm³/mol. The number of hydrogen-bond donors (Lipinski definition) is 2. The molecule has 0 aliphatic heterocycles. The number of carbonyl (C=O) groups is 1. The van der Waals surface area contributed by atoms with Crippen molar-refractivity contribution < 1.29 is 22.3 Å². The van der Waals surface area contributed by atoms with Crippen molar-refractivity contribution in [3.8, 4) is 5.75 Å². The molecule has 2 rings (SSSR count). The Kier molecular flexibility index (Phi) is 6.57. The van der Waals surface area contributed by atoms with Gasteiger partial charge < -0.3 is 10.1 Å². The topological polar surface area (TPSA) is 84.5 Å². The largest absolute Gasteiger partial charge is 0.495 e. The fourth-order valence-corrected chi connectivity index (χ4v) is 3.79. The van der Waals surface area contributed by atoms with E-state index in [2.05, 4.69) is 10.0 Å². The van der Waals surface area contributed by atoms with E-state index in [4.69, 9.17) is 16.3 Å². The summed E-state index contributed by atoms with van der Waals surface area (Å²) in [5, 5.41) is 2.81. The molecule has 0 radical (unpaired) electrons. The molecular weight excluding hydrogens is 383 g/mol. The average Bonchev–Trinajstić information content (AvgIpc) is 2.60. The van der Waals surface area contributed by atoms with Gasteiger partial charge in [0.25, 0.3) is 0 Å². The number of benzene rings is 2. The first-order valence-electron chi connectivity index (χ1n) is 7.61. The third kappa shape index (κ3) is 5.17. The number of rotatable bonds is 7. The summed E-state index contributed by atoms with van der Waals surface area (Å²) in [6.07, 6.45) is 0. The fraction of sp³-hybridized carbons (Fsp3) is 0.235. The van der Waals surface area contributed by atoms with Crippen molar-refractivity contribution in [3.05, 3.63) is 58.9 Å². The highest BCUT2D eigenvalue weighted by molar-refractivity contribution is 7.89. The molecule has 0 spiro atoms. The summed E-state index contributed by atoms with van der Waals surface area (Å²) in [5.74, 6) is -0.795. The molecule has 140 valence electrons. The molecule has 0 aliphatic rings. The second-order valence-corrected chi connectivity index (χ2v) is 7.60. The smallest absolute Gasteiger partial charge is 0.245 e. The molecule has 1 atom stereocenters. The van der Waals surface area contributed by atoms with Gasteiger partial charge in [0.05, 0.1) is 13.2 Å². The third-order valence-electron chi connectivity index (χ3n) is 3.52. The van der Waals surface area contributed by atoms with Crippen LogP contribution in [0.2, 0.25) is 5.02 Å². The van der Waals surface area contributed by atoms with E-state index < -0.39 is 22.0 Å². The Morgan fingerprint density at radius 1 is 1.23 bits per heavy atom. The molecule has 2 aromatic rings. The number of amides is 1. The van der Waals surface area contributed by atoms with Crippen LogP contribution in [0, 0.1) is 5.82 Å². The molecule has 0 unspecified atom stereocenters. The van der Waals surface area contributed by atoms with Crippen LogP contribution in [0.1, 0.15) is 12.5 Å². The predicted octanol–water partition coefficient (Wildman–Crippen LogP) is 2.47. The molecule has 26 heavy (non-hydrogen) atoms. The molecule has 9 heteroatoms. The van der Waals surface area contributed by atoms with E-state index >= 15 is 0 Å². The van der Waals surface area contributed by atoms with E-state index in [1.165, 1.54) is 56.5 Å². The minimum absolute atomic E-state index is 0.112. The summed E-state index contributed by atoms with van der Waals surface area (Å²) in [4.78, 5) is 12.0. The molecule has 0 aliphatic carbocycles. The Morgan fingerprint density at radius 2 is 1.88 bits per heavy atom. The minimum Gasteiger partial charge on any atom is -0.495 e. The Hall–Kier alpha value is -2.16. The van der Waals surface area contributed by atoms with Crippen molar-refractivity contribution in [2.45, 2.75) is 24.4 Å². The van der Waals surface area contributed by atoms with Gasteiger partial charge in [0.15, 0.2) is 0 Å². The van der Waals surface area contributed by atoms with Gasteiger partial charge in [0, 0.05) is 11.6 Å². The van der Waals surface area contributed by atoms with Crippen molar-refractivity contribution in [2.75, 3.05) is 7.11 Å². The summed E-state index contributed by atoms with van der Waals surface area (Å²) < 4.78 is 45.2.